The van der Waals surface area contributed by atoms with Crippen LogP contribution in [0.5, 0.6) is 0 Å². The van der Waals surface area contributed by atoms with Crippen LogP contribution in [0.2, 0.25) is 0 Å². The lowest BCUT2D eigenvalue weighted by Gasteiger charge is -2.42. The summed E-state index contributed by atoms with van der Waals surface area (Å²) in [7, 11) is 0. The molecule has 0 amide bonds. The van der Waals surface area contributed by atoms with Crippen LogP contribution in [-0.4, -0.2) is 30.8 Å². The Bertz CT molecular complexity index is 181. The van der Waals surface area contributed by atoms with Crippen molar-refractivity contribution in [2.45, 2.75) is 32.1 Å². The lowest BCUT2D eigenvalue weighted by molar-refractivity contribution is -0.108. The molecule has 3 atom stereocenters. The molecule has 0 aromatic carbocycles. The fraction of sp³-hybridized carbons (Fsp3) is 0.909. The quantitative estimate of drug-likeness (QED) is 0.618. The Labute approximate surface area is 80.3 Å². The Hall–Kier alpha value is -0.370. The van der Waals surface area contributed by atoms with Gasteiger partial charge in [-0.25, -0.2) is 0 Å². The molecule has 2 heteroatoms. The molecule has 74 valence electrons. The van der Waals surface area contributed by atoms with Crippen molar-refractivity contribution < 1.29 is 4.79 Å². The summed E-state index contributed by atoms with van der Waals surface area (Å²) in [6.45, 7) is 3.90. The number of fused-ring (bicyclic) bond motifs is 2. The van der Waals surface area contributed by atoms with Gasteiger partial charge in [0.1, 0.15) is 6.29 Å². The molecule has 0 spiro atoms. The summed E-state index contributed by atoms with van der Waals surface area (Å²) in [5.41, 5.74) is 0. The van der Waals surface area contributed by atoms with Gasteiger partial charge < -0.3 is 9.69 Å². The van der Waals surface area contributed by atoms with E-state index in [9.17, 15) is 4.79 Å². The van der Waals surface area contributed by atoms with E-state index in [0.29, 0.717) is 0 Å². The molecule has 3 unspecified atom stereocenters. The average molecular weight is 181 g/mol. The Morgan fingerprint density at radius 3 is 3.08 bits per heavy atom. The first-order valence-corrected chi connectivity index (χ1v) is 5.56. The van der Waals surface area contributed by atoms with E-state index in [1.165, 1.54) is 38.9 Å². The van der Waals surface area contributed by atoms with Crippen LogP contribution >= 0.6 is 0 Å². The number of aldehydes is 1. The van der Waals surface area contributed by atoms with Gasteiger partial charge in [0.15, 0.2) is 0 Å². The fourth-order valence-corrected chi connectivity index (χ4v) is 2.93. The molecule has 2 rings (SSSR count). The predicted octanol–water partition coefficient (Wildman–Crippen LogP) is 1.70. The molecule has 2 heterocycles. The third-order valence-corrected chi connectivity index (χ3v) is 3.68. The van der Waals surface area contributed by atoms with E-state index in [4.69, 9.17) is 0 Å². The van der Waals surface area contributed by atoms with Gasteiger partial charge in [-0.15, -0.1) is 0 Å². The third kappa shape index (κ3) is 2.11. The predicted molar refractivity (Wildman–Crippen MR) is 52.6 cm³/mol. The molecule has 0 N–H and O–H groups in total. The normalized spacial score (nSPS) is 38.6. The van der Waals surface area contributed by atoms with E-state index in [2.05, 4.69) is 4.90 Å². The highest BCUT2D eigenvalue weighted by molar-refractivity contribution is 5.49. The maximum Gasteiger partial charge on any atom is 0.120 e. The Morgan fingerprint density at radius 2 is 2.23 bits per heavy atom. The van der Waals surface area contributed by atoms with Gasteiger partial charge in [-0.3, -0.25) is 0 Å². The van der Waals surface area contributed by atoms with Crippen LogP contribution in [0.4, 0.5) is 0 Å². The van der Waals surface area contributed by atoms with Crippen LogP contribution in [-0.2, 0) is 4.79 Å². The molecule has 0 aromatic heterocycles. The van der Waals surface area contributed by atoms with E-state index in [1.54, 1.807) is 0 Å². The summed E-state index contributed by atoms with van der Waals surface area (Å²) in [6, 6.07) is 0. The van der Waals surface area contributed by atoms with Crippen LogP contribution in [0.25, 0.3) is 0 Å². The molecule has 0 radical (unpaired) electrons. The zero-order chi connectivity index (χ0) is 9.10. The van der Waals surface area contributed by atoms with Gasteiger partial charge in [-0.05, 0) is 50.6 Å². The van der Waals surface area contributed by atoms with Gasteiger partial charge in [0.05, 0.1) is 0 Å². The summed E-state index contributed by atoms with van der Waals surface area (Å²) >= 11 is 0. The fourth-order valence-electron chi connectivity index (χ4n) is 2.93. The van der Waals surface area contributed by atoms with Crippen LogP contribution in [0.15, 0.2) is 0 Å². The van der Waals surface area contributed by atoms with Gasteiger partial charge in [0.25, 0.3) is 0 Å². The van der Waals surface area contributed by atoms with Crippen molar-refractivity contribution in [2.75, 3.05) is 19.6 Å². The Balaban J connectivity index is 1.86. The number of piperidine rings is 2. The molecule has 2 nitrogen and oxygen atoms in total. The van der Waals surface area contributed by atoms with Crippen molar-refractivity contribution in [2.24, 2.45) is 11.8 Å². The van der Waals surface area contributed by atoms with Gasteiger partial charge in [-0.2, -0.15) is 0 Å². The summed E-state index contributed by atoms with van der Waals surface area (Å²) < 4.78 is 0. The molecule has 2 saturated heterocycles. The molecular weight excluding hydrogens is 162 g/mol. The summed E-state index contributed by atoms with van der Waals surface area (Å²) in [6.07, 6.45) is 7.11. The lowest BCUT2D eigenvalue weighted by atomic mass is 9.78. The van der Waals surface area contributed by atoms with Gasteiger partial charge in [0.2, 0.25) is 0 Å². The minimum absolute atomic E-state index is 0.779. The van der Waals surface area contributed by atoms with Crippen molar-refractivity contribution in [3.8, 4) is 0 Å². The number of nitrogens with zero attached hydrogens (tertiary/aromatic N) is 1. The van der Waals surface area contributed by atoms with Gasteiger partial charge in [-0.1, -0.05) is 0 Å². The maximum absolute atomic E-state index is 10.3. The molecule has 2 bridgehead atoms. The second-order valence-electron chi connectivity index (χ2n) is 4.50. The van der Waals surface area contributed by atoms with Crippen molar-refractivity contribution in [1.29, 1.82) is 0 Å². The van der Waals surface area contributed by atoms with E-state index in [-0.39, 0.29) is 0 Å². The molecule has 0 saturated carbocycles. The monoisotopic (exact) mass is 181 g/mol. The van der Waals surface area contributed by atoms with Gasteiger partial charge in [0, 0.05) is 13.0 Å². The molecule has 13 heavy (non-hydrogen) atoms. The van der Waals surface area contributed by atoms with Crippen LogP contribution in [0.1, 0.15) is 32.1 Å². The topological polar surface area (TPSA) is 20.3 Å². The number of rotatable bonds is 3. The van der Waals surface area contributed by atoms with Crippen LogP contribution < -0.4 is 0 Å². The van der Waals surface area contributed by atoms with Crippen LogP contribution in [0, 0.1) is 11.8 Å². The lowest BCUT2D eigenvalue weighted by Crippen LogP contribution is -2.44. The second-order valence-corrected chi connectivity index (χ2v) is 4.50. The number of carbonyl (C=O) groups excluding carboxylic acids is 1. The molecular formula is C11H19NO. The first-order valence-electron chi connectivity index (χ1n) is 5.56. The number of hydrogen-bond donors (Lipinski definition) is 0. The second kappa shape index (κ2) is 4.23. The molecule has 2 fully saturated rings. The number of carbonyl (C=O) groups is 1. The van der Waals surface area contributed by atoms with Crippen LogP contribution in [0.3, 0.4) is 0 Å². The average Bonchev–Trinajstić information content (AvgIpc) is 2.18. The van der Waals surface area contributed by atoms with Crippen molar-refractivity contribution in [3.05, 3.63) is 0 Å². The van der Waals surface area contributed by atoms with E-state index in [1.807, 2.05) is 0 Å². The maximum atomic E-state index is 10.3. The first kappa shape index (κ1) is 9.20. The molecule has 2 aliphatic rings. The van der Waals surface area contributed by atoms with E-state index in [0.717, 1.165) is 31.0 Å². The standard InChI is InChI=1S/C11H19NO/c13-8-2-4-10-5-7-12-6-1-3-11(10)9-12/h8,10-11H,1-7,9H2. The number of hydrogen-bond acceptors (Lipinski definition) is 2. The summed E-state index contributed by atoms with van der Waals surface area (Å²) in [5, 5.41) is 0. The third-order valence-electron chi connectivity index (χ3n) is 3.68. The first-order chi connectivity index (χ1) is 6.40. The summed E-state index contributed by atoms with van der Waals surface area (Å²) in [4.78, 5) is 12.9. The minimum atomic E-state index is 0.779. The van der Waals surface area contributed by atoms with Gasteiger partial charge >= 0.3 is 0 Å². The van der Waals surface area contributed by atoms with Crippen molar-refractivity contribution in [1.82, 2.24) is 4.90 Å². The largest absolute Gasteiger partial charge is 0.303 e. The van der Waals surface area contributed by atoms with E-state index < -0.39 is 0 Å². The smallest absolute Gasteiger partial charge is 0.120 e. The molecule has 2 aliphatic heterocycles. The minimum Gasteiger partial charge on any atom is -0.303 e. The van der Waals surface area contributed by atoms with E-state index >= 15 is 0 Å². The highest BCUT2D eigenvalue weighted by Crippen LogP contribution is 2.33. The highest BCUT2D eigenvalue weighted by Gasteiger charge is 2.31. The zero-order valence-corrected chi connectivity index (χ0v) is 8.24. The van der Waals surface area contributed by atoms with Crippen molar-refractivity contribution >= 4 is 6.29 Å². The zero-order valence-electron chi connectivity index (χ0n) is 8.24. The molecule has 0 aliphatic carbocycles. The Kier molecular flexibility index (Phi) is 2.99. The molecule has 0 aromatic rings. The Morgan fingerprint density at radius 1 is 1.31 bits per heavy atom. The van der Waals surface area contributed by atoms with Crippen molar-refractivity contribution in [3.63, 3.8) is 0 Å². The SMILES string of the molecule is O=CCCC1CCN2CCCC1C2. The highest BCUT2D eigenvalue weighted by atomic mass is 16.1. The summed E-state index contributed by atoms with van der Waals surface area (Å²) in [5.74, 6) is 1.75.